The number of H-pyrrole nitrogens is 1. The van der Waals surface area contributed by atoms with Gasteiger partial charge in [0.1, 0.15) is 18.1 Å². The summed E-state index contributed by atoms with van der Waals surface area (Å²) in [6.45, 7) is 8.78. The summed E-state index contributed by atoms with van der Waals surface area (Å²) in [5.41, 5.74) is 5.84. The molecule has 5 atom stereocenters. The Balaban J connectivity index is 1.26. The van der Waals surface area contributed by atoms with Crippen LogP contribution in [-0.2, 0) is 32.3 Å². The Bertz CT molecular complexity index is 1350. The summed E-state index contributed by atoms with van der Waals surface area (Å²) in [5, 5.41) is 37.4. The van der Waals surface area contributed by atoms with Gasteiger partial charge in [0.15, 0.2) is 11.5 Å². The number of hydrogen-bond donors (Lipinski definition) is 6. The largest absolute Gasteiger partial charge is 0.504 e. The normalized spacial score (nSPS) is 20.9. The van der Waals surface area contributed by atoms with E-state index in [9.17, 15) is 15.3 Å². The van der Waals surface area contributed by atoms with Crippen molar-refractivity contribution in [1.82, 2.24) is 15.6 Å². The molecule has 2 aliphatic rings. The first kappa shape index (κ1) is 33.6. The molecular formula is C37H55N3O5. The maximum absolute atomic E-state index is 10.7. The highest BCUT2D eigenvalue weighted by Crippen LogP contribution is 2.47. The molecule has 6 N–H and O–H groups in total. The number of aliphatic hydroxyl groups is 2. The molecule has 1 saturated carbocycles. The van der Waals surface area contributed by atoms with Crippen LogP contribution in [0.15, 0.2) is 34.7 Å². The standard InChI is InChI=1S/C37H55N3O5/c1-4-6-10-36-27(22-41)18-28(45-36)14-11-25-12-16-35(43)37(17-25)44-23-34(39-5-2)33-19-30-31(21-38-20-24(3)42)29-9-7-8-26(29)13-15-32(30)40-33/h12,16-19,24,26,29,31,34,38-43H,4-11,13-15,20-23H2,1-3H3/t24-,26+,29-,31+,34-/m0/s1. The van der Waals surface area contributed by atoms with E-state index in [1.807, 2.05) is 25.1 Å². The van der Waals surface area contributed by atoms with Crippen molar-refractivity contribution in [2.24, 2.45) is 11.8 Å². The van der Waals surface area contributed by atoms with Crippen LogP contribution in [0.5, 0.6) is 11.5 Å². The zero-order chi connectivity index (χ0) is 31.8. The van der Waals surface area contributed by atoms with Gasteiger partial charge < -0.3 is 40.1 Å². The molecule has 0 aliphatic heterocycles. The summed E-state index contributed by atoms with van der Waals surface area (Å²) in [7, 11) is 0. The minimum absolute atomic E-state index is 0.00184. The Morgan fingerprint density at radius 3 is 2.73 bits per heavy atom. The lowest BCUT2D eigenvalue weighted by Crippen LogP contribution is -2.32. The number of rotatable bonds is 17. The molecule has 0 radical (unpaired) electrons. The lowest BCUT2D eigenvalue weighted by molar-refractivity contribution is 0.188. The van der Waals surface area contributed by atoms with Crippen LogP contribution in [0.1, 0.15) is 111 Å². The molecule has 45 heavy (non-hydrogen) atoms. The molecular weight excluding hydrogens is 566 g/mol. The maximum atomic E-state index is 10.7. The lowest BCUT2D eigenvalue weighted by atomic mass is 9.80. The van der Waals surface area contributed by atoms with Gasteiger partial charge in [-0.25, -0.2) is 0 Å². The molecule has 0 saturated heterocycles. The van der Waals surface area contributed by atoms with Crippen LogP contribution in [0, 0.1) is 11.8 Å². The van der Waals surface area contributed by atoms with Crippen LogP contribution >= 0.6 is 0 Å². The Labute approximate surface area is 269 Å². The molecule has 3 aromatic rings. The van der Waals surface area contributed by atoms with E-state index in [1.54, 1.807) is 6.07 Å². The highest BCUT2D eigenvalue weighted by Gasteiger charge is 2.38. The first-order valence-electron chi connectivity index (χ1n) is 17.4. The van der Waals surface area contributed by atoms with Crippen molar-refractivity contribution < 1.29 is 24.5 Å². The number of phenols is 1. The fourth-order valence-corrected chi connectivity index (χ4v) is 7.59. The number of aryl methyl sites for hydroxylation is 4. The van der Waals surface area contributed by atoms with Crippen molar-refractivity contribution in [1.29, 1.82) is 0 Å². The van der Waals surface area contributed by atoms with Gasteiger partial charge in [0.05, 0.1) is 18.8 Å². The average Bonchev–Trinajstić information content (AvgIpc) is 3.76. The number of nitrogens with one attached hydrogen (secondary N) is 3. The number of aromatic amines is 1. The van der Waals surface area contributed by atoms with Gasteiger partial charge in [-0.15, -0.1) is 0 Å². The van der Waals surface area contributed by atoms with Gasteiger partial charge >= 0.3 is 0 Å². The van der Waals surface area contributed by atoms with Gasteiger partial charge in [0, 0.05) is 48.8 Å². The van der Waals surface area contributed by atoms with E-state index in [0.717, 1.165) is 79.5 Å². The van der Waals surface area contributed by atoms with Gasteiger partial charge in [-0.1, -0.05) is 39.2 Å². The number of fused-ring (bicyclic) bond motifs is 2. The third kappa shape index (κ3) is 8.53. The van der Waals surface area contributed by atoms with Crippen molar-refractivity contribution >= 4 is 0 Å². The molecule has 1 fully saturated rings. The Morgan fingerprint density at radius 1 is 1.09 bits per heavy atom. The van der Waals surface area contributed by atoms with Gasteiger partial charge in [-0.2, -0.15) is 0 Å². The summed E-state index contributed by atoms with van der Waals surface area (Å²) in [5.74, 6) is 4.29. The lowest BCUT2D eigenvalue weighted by Gasteiger charge is -2.27. The summed E-state index contributed by atoms with van der Waals surface area (Å²) in [6, 6.07) is 9.86. The highest BCUT2D eigenvalue weighted by molar-refractivity contribution is 5.42. The van der Waals surface area contributed by atoms with E-state index in [2.05, 4.69) is 35.5 Å². The van der Waals surface area contributed by atoms with E-state index in [1.165, 1.54) is 36.9 Å². The van der Waals surface area contributed by atoms with E-state index in [4.69, 9.17) is 9.15 Å². The van der Waals surface area contributed by atoms with Crippen LogP contribution in [0.25, 0.3) is 0 Å². The van der Waals surface area contributed by atoms with Gasteiger partial charge in [0.2, 0.25) is 0 Å². The van der Waals surface area contributed by atoms with Crippen molar-refractivity contribution in [3.63, 3.8) is 0 Å². The first-order valence-corrected chi connectivity index (χ1v) is 17.4. The van der Waals surface area contributed by atoms with Crippen LogP contribution < -0.4 is 15.4 Å². The fraction of sp³-hybridized carbons (Fsp3) is 0.622. The van der Waals surface area contributed by atoms with Gasteiger partial charge in [-0.05, 0) is 92.8 Å². The number of aromatic nitrogens is 1. The van der Waals surface area contributed by atoms with Crippen molar-refractivity contribution in [3.8, 4) is 11.5 Å². The number of ether oxygens (including phenoxy) is 1. The summed E-state index contributed by atoms with van der Waals surface area (Å²) in [6.07, 6.45) is 10.3. The predicted octanol–water partition coefficient (Wildman–Crippen LogP) is 6.08. The van der Waals surface area contributed by atoms with E-state index in [-0.39, 0.29) is 24.5 Å². The van der Waals surface area contributed by atoms with Crippen LogP contribution in [-0.4, -0.2) is 52.6 Å². The van der Waals surface area contributed by atoms with Crippen molar-refractivity contribution in [2.75, 3.05) is 26.2 Å². The zero-order valence-corrected chi connectivity index (χ0v) is 27.5. The second-order valence-electron chi connectivity index (χ2n) is 13.3. The minimum Gasteiger partial charge on any atom is -0.504 e. The van der Waals surface area contributed by atoms with Crippen molar-refractivity contribution in [3.05, 3.63) is 69.9 Å². The molecule has 248 valence electrons. The van der Waals surface area contributed by atoms with Crippen LogP contribution in [0.3, 0.4) is 0 Å². The smallest absolute Gasteiger partial charge is 0.161 e. The number of benzene rings is 1. The second-order valence-corrected chi connectivity index (χ2v) is 13.3. The molecule has 0 unspecified atom stereocenters. The van der Waals surface area contributed by atoms with Gasteiger partial charge in [0.25, 0.3) is 0 Å². The highest BCUT2D eigenvalue weighted by atomic mass is 16.5. The van der Waals surface area contributed by atoms with E-state index >= 15 is 0 Å². The molecule has 1 aromatic carbocycles. The summed E-state index contributed by atoms with van der Waals surface area (Å²) in [4.78, 5) is 3.79. The molecule has 2 aliphatic carbocycles. The Kier molecular flexibility index (Phi) is 12.1. The Hall–Kier alpha value is -2.78. The number of aromatic hydroxyl groups is 1. The SMILES string of the molecule is CCCCc1oc(CCc2ccc(O)c(OC[C@H](NCC)c3cc4c([nH]3)CC[C@H]3CCC[C@@H]3[C@H]4CNC[C@H](C)O)c2)cc1CO. The first-order chi connectivity index (χ1) is 21.9. The maximum Gasteiger partial charge on any atom is 0.161 e. The van der Waals surface area contributed by atoms with E-state index in [0.29, 0.717) is 37.2 Å². The molecule has 8 nitrogen and oxygen atoms in total. The van der Waals surface area contributed by atoms with Crippen LogP contribution in [0.4, 0.5) is 0 Å². The van der Waals surface area contributed by atoms with Gasteiger partial charge in [-0.3, -0.25) is 0 Å². The Morgan fingerprint density at radius 2 is 1.96 bits per heavy atom. The third-order valence-electron chi connectivity index (χ3n) is 9.95. The predicted molar refractivity (Wildman–Crippen MR) is 178 cm³/mol. The van der Waals surface area contributed by atoms with E-state index < -0.39 is 0 Å². The van der Waals surface area contributed by atoms with Crippen molar-refractivity contribution in [2.45, 2.75) is 110 Å². The zero-order valence-electron chi connectivity index (χ0n) is 27.5. The molecule has 8 heteroatoms. The fourth-order valence-electron chi connectivity index (χ4n) is 7.59. The monoisotopic (exact) mass is 621 g/mol. The van der Waals surface area contributed by atoms with Crippen LogP contribution in [0.2, 0.25) is 0 Å². The number of unbranched alkanes of at least 4 members (excludes halogenated alkanes) is 1. The molecule has 2 heterocycles. The number of phenolic OH excluding ortho intramolecular Hbond substituents is 1. The average molecular weight is 622 g/mol. The molecule has 5 rings (SSSR count). The minimum atomic E-state index is -0.353. The molecule has 0 spiro atoms. The number of likely N-dealkylation sites (N-methyl/N-ethyl adjacent to an activating group) is 1. The molecule has 0 amide bonds. The summed E-state index contributed by atoms with van der Waals surface area (Å²) >= 11 is 0. The molecule has 2 aromatic heterocycles. The topological polar surface area (TPSA) is 123 Å². The number of hydrogen-bond acceptors (Lipinski definition) is 7. The number of aliphatic hydroxyl groups excluding tert-OH is 2. The molecule has 0 bridgehead atoms. The quantitative estimate of drug-likeness (QED) is 0.108. The second kappa shape index (κ2) is 16.2. The summed E-state index contributed by atoms with van der Waals surface area (Å²) < 4.78 is 12.4. The third-order valence-corrected chi connectivity index (χ3v) is 9.95. The number of furan rings is 1.